The van der Waals surface area contributed by atoms with Gasteiger partial charge < -0.3 is 11.1 Å². The highest BCUT2D eigenvalue weighted by atomic mass is 19.2. The third-order valence-electron chi connectivity index (χ3n) is 4.69. The quantitative estimate of drug-likeness (QED) is 0.263. The Morgan fingerprint density at radius 2 is 1.43 bits per heavy atom. The molecule has 0 atom stereocenters. The van der Waals surface area contributed by atoms with E-state index in [1.54, 1.807) is 5.32 Å². The van der Waals surface area contributed by atoms with Crippen LogP contribution in [0.1, 0.15) is 20.7 Å². The Hall–Kier alpha value is -5.34. The lowest BCUT2D eigenvalue weighted by Crippen LogP contribution is -2.41. The number of anilines is 2. The van der Waals surface area contributed by atoms with E-state index in [2.05, 4.69) is 5.32 Å². The van der Waals surface area contributed by atoms with Crippen LogP contribution in [0, 0.1) is 33.4 Å². The van der Waals surface area contributed by atoms with Crippen molar-refractivity contribution in [3.05, 3.63) is 99.1 Å². The molecule has 0 aliphatic heterocycles. The van der Waals surface area contributed by atoms with Crippen molar-refractivity contribution in [2.24, 2.45) is 5.73 Å². The van der Waals surface area contributed by atoms with Gasteiger partial charge in [0.05, 0.1) is 11.0 Å². The molecule has 0 radical (unpaired) electrons. The van der Waals surface area contributed by atoms with Crippen LogP contribution in [-0.4, -0.2) is 28.8 Å². The molecule has 0 aliphatic rings. The zero-order valence-electron chi connectivity index (χ0n) is 18.1. The minimum Gasteiger partial charge on any atom is -0.351 e. The van der Waals surface area contributed by atoms with Crippen LogP contribution < -0.4 is 21.3 Å². The van der Waals surface area contributed by atoms with E-state index in [0.29, 0.717) is 0 Å². The molecule has 0 saturated heterocycles. The summed E-state index contributed by atoms with van der Waals surface area (Å²) in [6, 6.07) is 4.60. The normalized spacial score (nSPS) is 10.4. The topological polar surface area (TPSA) is 165 Å². The van der Waals surface area contributed by atoms with Crippen molar-refractivity contribution in [3.63, 3.8) is 0 Å². The average Bonchev–Trinajstić information content (AvgIpc) is 2.81. The molecule has 0 spiro atoms. The van der Waals surface area contributed by atoms with Crippen LogP contribution in [0.25, 0.3) is 0 Å². The fourth-order valence-corrected chi connectivity index (χ4v) is 3.05. The van der Waals surface area contributed by atoms with E-state index in [1.165, 1.54) is 0 Å². The van der Waals surface area contributed by atoms with Crippen LogP contribution in [0.5, 0.6) is 0 Å². The van der Waals surface area contributed by atoms with Crippen LogP contribution in [0.3, 0.4) is 0 Å². The molecule has 0 heterocycles. The standard InChI is InChI=1S/C22H13F4N5O6/c23-12-2-1-3-13(24)18(12)19(32)29-22(35)28-11-6-4-10(5-7-11)20(33)30(21(27)34)16-8-14(25)15(26)9-17(16)31(36)37/h1-9H,(H2,27,34)(H2,28,29,32,35). The second kappa shape index (κ2) is 10.5. The van der Waals surface area contributed by atoms with E-state index in [9.17, 15) is 46.9 Å². The molecular formula is C22H13F4N5O6. The van der Waals surface area contributed by atoms with Crippen LogP contribution in [0.4, 0.5) is 44.2 Å². The summed E-state index contributed by atoms with van der Waals surface area (Å²) in [7, 11) is 0. The first-order valence-electron chi connectivity index (χ1n) is 9.84. The van der Waals surface area contributed by atoms with Gasteiger partial charge in [-0.15, -0.1) is 0 Å². The summed E-state index contributed by atoms with van der Waals surface area (Å²) in [5.74, 6) is -8.22. The summed E-state index contributed by atoms with van der Waals surface area (Å²) in [6.07, 6.45) is 0. The number of nitrogens with zero attached hydrogens (tertiary/aromatic N) is 2. The lowest BCUT2D eigenvalue weighted by Gasteiger charge is -2.19. The molecule has 0 saturated carbocycles. The number of nitro benzene ring substituents is 1. The average molecular weight is 519 g/mol. The van der Waals surface area contributed by atoms with Crippen molar-refractivity contribution in [1.29, 1.82) is 0 Å². The molecule has 190 valence electrons. The number of nitrogens with two attached hydrogens (primary N) is 1. The van der Waals surface area contributed by atoms with Gasteiger partial charge in [0.1, 0.15) is 22.9 Å². The van der Waals surface area contributed by atoms with Crippen molar-refractivity contribution in [2.75, 3.05) is 10.2 Å². The highest BCUT2D eigenvalue weighted by Crippen LogP contribution is 2.32. The minimum atomic E-state index is -1.60. The molecule has 4 N–H and O–H groups in total. The summed E-state index contributed by atoms with van der Waals surface area (Å²) in [4.78, 5) is 58.9. The third kappa shape index (κ3) is 5.67. The number of hydrogen-bond donors (Lipinski definition) is 3. The largest absolute Gasteiger partial charge is 0.351 e. The lowest BCUT2D eigenvalue weighted by molar-refractivity contribution is -0.384. The number of nitro groups is 1. The minimum absolute atomic E-state index is 0.0414. The summed E-state index contributed by atoms with van der Waals surface area (Å²) >= 11 is 0. The van der Waals surface area contributed by atoms with Gasteiger partial charge in [-0.1, -0.05) is 6.07 Å². The Labute approximate surface area is 203 Å². The van der Waals surface area contributed by atoms with Crippen molar-refractivity contribution in [2.45, 2.75) is 0 Å². The summed E-state index contributed by atoms with van der Waals surface area (Å²) in [5.41, 5.74) is 1.75. The van der Waals surface area contributed by atoms with E-state index in [1.807, 2.05) is 0 Å². The molecule has 0 bridgehead atoms. The maximum absolute atomic E-state index is 13.7. The SMILES string of the molecule is NC(=O)N(C(=O)c1ccc(NC(=O)NC(=O)c2c(F)cccc2F)cc1)c1cc(F)c(F)cc1[N+](=O)[O-]. The zero-order valence-corrected chi connectivity index (χ0v) is 18.1. The second-order valence-corrected chi connectivity index (χ2v) is 7.07. The third-order valence-corrected chi connectivity index (χ3v) is 4.69. The van der Waals surface area contributed by atoms with Gasteiger partial charge >= 0.3 is 12.1 Å². The Morgan fingerprint density at radius 1 is 0.865 bits per heavy atom. The van der Waals surface area contributed by atoms with E-state index >= 15 is 0 Å². The number of hydrogen-bond acceptors (Lipinski definition) is 6. The summed E-state index contributed by atoms with van der Waals surface area (Å²) in [6.45, 7) is 0. The van der Waals surface area contributed by atoms with Gasteiger partial charge in [0.15, 0.2) is 11.6 Å². The highest BCUT2D eigenvalue weighted by molar-refractivity contribution is 6.21. The van der Waals surface area contributed by atoms with E-state index in [0.717, 1.165) is 42.5 Å². The maximum Gasteiger partial charge on any atom is 0.326 e. The van der Waals surface area contributed by atoms with Crippen molar-refractivity contribution >= 4 is 40.9 Å². The first kappa shape index (κ1) is 26.3. The van der Waals surface area contributed by atoms with Gasteiger partial charge in [0.2, 0.25) is 0 Å². The number of halogens is 4. The first-order chi connectivity index (χ1) is 17.4. The smallest absolute Gasteiger partial charge is 0.326 e. The van der Waals surface area contributed by atoms with Gasteiger partial charge in [0.25, 0.3) is 17.5 Å². The van der Waals surface area contributed by atoms with Crippen LogP contribution in [-0.2, 0) is 0 Å². The lowest BCUT2D eigenvalue weighted by atomic mass is 10.1. The highest BCUT2D eigenvalue weighted by Gasteiger charge is 2.31. The zero-order chi connectivity index (χ0) is 27.4. The molecular weight excluding hydrogens is 506 g/mol. The Morgan fingerprint density at radius 3 is 1.97 bits per heavy atom. The number of amides is 6. The molecule has 3 rings (SSSR count). The molecule has 3 aromatic rings. The van der Waals surface area contributed by atoms with Crippen molar-refractivity contribution in [1.82, 2.24) is 5.32 Å². The maximum atomic E-state index is 13.7. The van der Waals surface area contributed by atoms with Gasteiger partial charge in [-0.3, -0.25) is 25.0 Å². The molecule has 11 nitrogen and oxygen atoms in total. The molecule has 0 aliphatic carbocycles. The number of carbonyl (C=O) groups is 4. The molecule has 0 fully saturated rings. The molecule has 6 amide bonds. The Bertz CT molecular complexity index is 1430. The van der Waals surface area contributed by atoms with Crippen molar-refractivity contribution < 1.29 is 41.7 Å². The second-order valence-electron chi connectivity index (χ2n) is 7.07. The van der Waals surface area contributed by atoms with Gasteiger partial charge in [-0.05, 0) is 36.4 Å². The van der Waals surface area contributed by atoms with E-state index in [-0.39, 0.29) is 28.3 Å². The van der Waals surface area contributed by atoms with Crippen molar-refractivity contribution in [3.8, 4) is 0 Å². The fourth-order valence-electron chi connectivity index (χ4n) is 3.05. The molecule has 0 unspecified atom stereocenters. The number of carbonyl (C=O) groups excluding carboxylic acids is 4. The molecule has 0 aromatic heterocycles. The van der Waals surface area contributed by atoms with Gasteiger partial charge in [0, 0.05) is 17.3 Å². The number of nitrogens with one attached hydrogen (secondary N) is 2. The predicted molar refractivity (Wildman–Crippen MR) is 119 cm³/mol. The van der Waals surface area contributed by atoms with Crippen LogP contribution in [0.15, 0.2) is 54.6 Å². The Balaban J connectivity index is 1.80. The monoisotopic (exact) mass is 519 g/mol. The summed E-state index contributed by atoms with van der Waals surface area (Å²) in [5, 5.41) is 15.1. The molecule has 15 heteroatoms. The number of rotatable bonds is 5. The number of imide groups is 2. The predicted octanol–water partition coefficient (Wildman–Crippen LogP) is 3.84. The fraction of sp³-hybridized carbons (Fsp3) is 0. The Kier molecular flexibility index (Phi) is 7.46. The number of urea groups is 2. The van der Waals surface area contributed by atoms with Crippen LogP contribution in [0.2, 0.25) is 0 Å². The van der Waals surface area contributed by atoms with Gasteiger partial charge in [-0.25, -0.2) is 32.1 Å². The van der Waals surface area contributed by atoms with Gasteiger partial charge in [-0.2, -0.15) is 0 Å². The van der Waals surface area contributed by atoms with Crippen LogP contribution >= 0.6 is 0 Å². The number of primary amides is 1. The van der Waals surface area contributed by atoms with E-state index in [4.69, 9.17) is 5.73 Å². The number of benzene rings is 3. The summed E-state index contributed by atoms with van der Waals surface area (Å²) < 4.78 is 54.6. The molecule has 37 heavy (non-hydrogen) atoms. The van der Waals surface area contributed by atoms with E-state index < -0.39 is 69.0 Å². The molecule has 3 aromatic carbocycles. The first-order valence-corrected chi connectivity index (χ1v) is 9.84.